The third kappa shape index (κ3) is 6.43. The van der Waals surface area contributed by atoms with Crippen molar-refractivity contribution in [1.82, 2.24) is 10.6 Å². The van der Waals surface area contributed by atoms with Gasteiger partial charge in [-0.25, -0.2) is 4.79 Å². The van der Waals surface area contributed by atoms with Crippen LogP contribution in [0.1, 0.15) is 24.5 Å². The Labute approximate surface area is 120 Å². The van der Waals surface area contributed by atoms with Crippen LogP contribution in [-0.2, 0) is 4.74 Å². The minimum absolute atomic E-state index is 0.154. The van der Waals surface area contributed by atoms with Crippen molar-refractivity contribution < 1.29 is 14.3 Å². The molecule has 20 heavy (non-hydrogen) atoms. The fourth-order valence-corrected chi connectivity index (χ4v) is 1.72. The van der Waals surface area contributed by atoms with E-state index in [0.717, 1.165) is 17.7 Å². The van der Waals surface area contributed by atoms with Crippen LogP contribution >= 0.6 is 0 Å². The van der Waals surface area contributed by atoms with E-state index in [2.05, 4.69) is 10.6 Å². The van der Waals surface area contributed by atoms with E-state index in [1.54, 1.807) is 0 Å². The molecule has 0 fully saturated rings. The maximum Gasteiger partial charge on any atom is 0.317 e. The van der Waals surface area contributed by atoms with Gasteiger partial charge in [0.15, 0.2) is 6.73 Å². The van der Waals surface area contributed by atoms with E-state index in [0.29, 0.717) is 19.8 Å². The lowest BCUT2D eigenvalue weighted by Crippen LogP contribution is -2.38. The van der Waals surface area contributed by atoms with Crippen molar-refractivity contribution in [3.8, 4) is 5.75 Å². The molecule has 5 nitrogen and oxygen atoms in total. The second-order valence-corrected chi connectivity index (χ2v) is 4.54. The van der Waals surface area contributed by atoms with E-state index < -0.39 is 0 Å². The predicted molar refractivity (Wildman–Crippen MR) is 79.1 cm³/mol. The molecular weight excluding hydrogens is 256 g/mol. The standard InChI is InChI=1S/C15H24N2O3/c1-4-19-9-5-8-16-15(18)17-11-20-14-7-6-12(2)10-13(14)3/h6-7,10H,4-5,8-9,11H2,1-3H3,(H2,16,17,18). The SMILES string of the molecule is CCOCCCNC(=O)NCOc1ccc(C)cc1C. The number of nitrogens with one attached hydrogen (secondary N) is 2. The van der Waals surface area contributed by atoms with Crippen LogP contribution in [0.3, 0.4) is 0 Å². The Morgan fingerprint density at radius 2 is 2.05 bits per heavy atom. The molecule has 0 bridgehead atoms. The van der Waals surface area contributed by atoms with Crippen molar-refractivity contribution in [1.29, 1.82) is 0 Å². The van der Waals surface area contributed by atoms with Crippen LogP contribution < -0.4 is 15.4 Å². The first kappa shape index (κ1) is 16.3. The van der Waals surface area contributed by atoms with Crippen molar-refractivity contribution in [2.45, 2.75) is 27.2 Å². The third-order valence-corrected chi connectivity index (χ3v) is 2.75. The van der Waals surface area contributed by atoms with Gasteiger partial charge in [-0.05, 0) is 38.8 Å². The highest BCUT2D eigenvalue weighted by molar-refractivity contribution is 5.73. The molecule has 0 saturated heterocycles. The van der Waals surface area contributed by atoms with E-state index in [1.165, 1.54) is 5.56 Å². The predicted octanol–water partition coefficient (Wildman–Crippen LogP) is 2.37. The Kier molecular flexibility index (Phi) is 7.50. The number of hydrogen-bond donors (Lipinski definition) is 2. The summed E-state index contributed by atoms with van der Waals surface area (Å²) in [7, 11) is 0. The van der Waals surface area contributed by atoms with E-state index in [9.17, 15) is 4.79 Å². The van der Waals surface area contributed by atoms with E-state index in [4.69, 9.17) is 9.47 Å². The van der Waals surface area contributed by atoms with Gasteiger partial charge in [-0.1, -0.05) is 17.7 Å². The topological polar surface area (TPSA) is 59.6 Å². The molecule has 0 atom stereocenters. The van der Waals surface area contributed by atoms with Crippen LogP contribution in [0.25, 0.3) is 0 Å². The smallest absolute Gasteiger partial charge is 0.317 e. The molecule has 2 amide bonds. The van der Waals surface area contributed by atoms with Crippen molar-refractivity contribution in [2.24, 2.45) is 0 Å². The summed E-state index contributed by atoms with van der Waals surface area (Å²) in [6.45, 7) is 8.08. The molecule has 0 aliphatic heterocycles. The van der Waals surface area contributed by atoms with Crippen molar-refractivity contribution in [3.05, 3.63) is 29.3 Å². The summed E-state index contributed by atoms with van der Waals surface area (Å²) in [5.41, 5.74) is 2.25. The van der Waals surface area contributed by atoms with Gasteiger partial charge in [-0.3, -0.25) is 0 Å². The van der Waals surface area contributed by atoms with Crippen LogP contribution in [0.15, 0.2) is 18.2 Å². The average Bonchev–Trinajstić information content (AvgIpc) is 2.41. The zero-order valence-corrected chi connectivity index (χ0v) is 12.5. The number of rotatable bonds is 8. The summed E-state index contributed by atoms with van der Waals surface area (Å²) in [6.07, 6.45) is 0.805. The molecule has 1 aromatic carbocycles. The quantitative estimate of drug-likeness (QED) is 0.568. The fourth-order valence-electron chi connectivity index (χ4n) is 1.72. The summed E-state index contributed by atoms with van der Waals surface area (Å²) in [5, 5.41) is 5.39. The Morgan fingerprint density at radius 1 is 1.25 bits per heavy atom. The average molecular weight is 280 g/mol. The third-order valence-electron chi connectivity index (χ3n) is 2.75. The minimum Gasteiger partial charge on any atom is -0.473 e. The molecule has 0 saturated carbocycles. The molecule has 0 heterocycles. The van der Waals surface area contributed by atoms with Crippen molar-refractivity contribution >= 4 is 6.03 Å². The lowest BCUT2D eigenvalue weighted by atomic mass is 10.1. The zero-order valence-electron chi connectivity index (χ0n) is 12.5. The summed E-state index contributed by atoms with van der Waals surface area (Å²) in [4.78, 5) is 11.5. The van der Waals surface area contributed by atoms with Gasteiger partial charge in [0.25, 0.3) is 0 Å². The number of urea groups is 1. The van der Waals surface area contributed by atoms with Gasteiger partial charge < -0.3 is 20.1 Å². The number of benzene rings is 1. The Balaban J connectivity index is 2.15. The first-order chi connectivity index (χ1) is 9.63. The van der Waals surface area contributed by atoms with Crippen molar-refractivity contribution in [2.75, 3.05) is 26.5 Å². The highest BCUT2D eigenvalue weighted by Crippen LogP contribution is 2.18. The molecule has 0 aliphatic carbocycles. The second-order valence-electron chi connectivity index (χ2n) is 4.54. The number of hydrogen-bond acceptors (Lipinski definition) is 3. The largest absolute Gasteiger partial charge is 0.473 e. The highest BCUT2D eigenvalue weighted by Gasteiger charge is 2.01. The molecule has 2 N–H and O–H groups in total. The molecule has 1 aromatic rings. The second kappa shape index (κ2) is 9.20. The lowest BCUT2D eigenvalue weighted by molar-refractivity contribution is 0.145. The maximum atomic E-state index is 11.5. The van der Waals surface area contributed by atoms with Crippen LogP contribution in [-0.4, -0.2) is 32.5 Å². The molecule has 5 heteroatoms. The van der Waals surface area contributed by atoms with Gasteiger partial charge in [0.2, 0.25) is 0 Å². The number of carbonyl (C=O) groups is 1. The molecule has 0 aromatic heterocycles. The molecule has 0 unspecified atom stereocenters. The normalized spacial score (nSPS) is 10.2. The number of carbonyl (C=O) groups excluding carboxylic acids is 1. The Hall–Kier alpha value is -1.75. The summed E-state index contributed by atoms with van der Waals surface area (Å²) < 4.78 is 10.7. The Bertz CT molecular complexity index is 422. The molecule has 0 radical (unpaired) electrons. The molecule has 0 aliphatic rings. The summed E-state index contributed by atoms with van der Waals surface area (Å²) in [6, 6.07) is 5.71. The molecular formula is C15H24N2O3. The van der Waals surface area contributed by atoms with Crippen LogP contribution in [0.2, 0.25) is 0 Å². The Morgan fingerprint density at radius 3 is 2.75 bits per heavy atom. The number of amides is 2. The molecule has 0 spiro atoms. The molecule has 1 rings (SSSR count). The van der Waals surface area contributed by atoms with Crippen molar-refractivity contribution in [3.63, 3.8) is 0 Å². The fraction of sp³-hybridized carbons (Fsp3) is 0.533. The van der Waals surface area contributed by atoms with E-state index >= 15 is 0 Å². The summed E-state index contributed by atoms with van der Waals surface area (Å²) in [5.74, 6) is 0.784. The lowest BCUT2D eigenvalue weighted by Gasteiger charge is -2.11. The van der Waals surface area contributed by atoms with Gasteiger partial charge in [0, 0.05) is 19.8 Å². The van der Waals surface area contributed by atoms with Gasteiger partial charge in [0.1, 0.15) is 5.75 Å². The first-order valence-corrected chi connectivity index (χ1v) is 6.93. The van der Waals surface area contributed by atoms with Gasteiger partial charge in [-0.15, -0.1) is 0 Å². The van der Waals surface area contributed by atoms with Crippen LogP contribution in [0, 0.1) is 13.8 Å². The van der Waals surface area contributed by atoms with Crippen LogP contribution in [0.5, 0.6) is 5.75 Å². The van der Waals surface area contributed by atoms with Crippen LogP contribution in [0.4, 0.5) is 4.79 Å². The van der Waals surface area contributed by atoms with Gasteiger partial charge in [0.05, 0.1) is 0 Å². The first-order valence-electron chi connectivity index (χ1n) is 6.93. The van der Waals surface area contributed by atoms with Gasteiger partial charge in [-0.2, -0.15) is 0 Å². The number of aryl methyl sites for hydroxylation is 2. The number of ether oxygens (including phenoxy) is 2. The van der Waals surface area contributed by atoms with E-state index in [-0.39, 0.29) is 12.8 Å². The van der Waals surface area contributed by atoms with E-state index in [1.807, 2.05) is 39.0 Å². The molecule has 112 valence electrons. The zero-order chi connectivity index (χ0) is 14.8. The maximum absolute atomic E-state index is 11.5. The van der Waals surface area contributed by atoms with Gasteiger partial charge >= 0.3 is 6.03 Å². The summed E-state index contributed by atoms with van der Waals surface area (Å²) >= 11 is 0. The highest BCUT2D eigenvalue weighted by atomic mass is 16.5. The monoisotopic (exact) mass is 280 g/mol. The minimum atomic E-state index is -0.230.